The number of benzene rings is 1. The van der Waals surface area contributed by atoms with E-state index >= 15 is 0 Å². The minimum absolute atomic E-state index is 0. The Kier molecular flexibility index (Phi) is 10.1. The summed E-state index contributed by atoms with van der Waals surface area (Å²) in [6, 6.07) is 7.75. The summed E-state index contributed by atoms with van der Waals surface area (Å²) in [4.78, 5) is 13.1. The van der Waals surface area contributed by atoms with Crippen LogP contribution in [0.1, 0.15) is 5.56 Å². The molecule has 3 N–H and O–H groups in total. The van der Waals surface area contributed by atoms with Crippen LogP contribution in [-0.2, 0) is 11.3 Å². The van der Waals surface area contributed by atoms with Crippen molar-refractivity contribution < 1.29 is 4.79 Å². The van der Waals surface area contributed by atoms with Gasteiger partial charge in [0.1, 0.15) is 0 Å². The molecule has 0 saturated heterocycles. The molecule has 0 fully saturated rings. The Morgan fingerprint density at radius 1 is 1.35 bits per heavy atom. The monoisotopic (exact) mass is 279 g/mol. The highest BCUT2D eigenvalue weighted by atomic mass is 35.5. The molecule has 0 atom stereocenters. The lowest BCUT2D eigenvalue weighted by atomic mass is 10.2. The van der Waals surface area contributed by atoms with Gasteiger partial charge in [0.05, 0.1) is 6.54 Å². The fourth-order valence-electron chi connectivity index (χ4n) is 1.32. The number of amides is 1. The maximum Gasteiger partial charge on any atom is 0.238 e. The minimum atomic E-state index is -0.169. The summed E-state index contributed by atoms with van der Waals surface area (Å²) in [6.07, 6.45) is 0. The average molecular weight is 280 g/mol. The first-order chi connectivity index (χ1) is 7.11. The van der Waals surface area contributed by atoms with Gasteiger partial charge in [0, 0.05) is 12.2 Å². The molecule has 1 rings (SSSR count). The summed E-state index contributed by atoms with van der Waals surface area (Å²) in [6.45, 7) is 0.865. The summed E-state index contributed by atoms with van der Waals surface area (Å²) >= 11 is 0. The van der Waals surface area contributed by atoms with Crippen molar-refractivity contribution in [3.63, 3.8) is 0 Å². The molecule has 4 nitrogen and oxygen atoms in total. The third-order valence-corrected chi connectivity index (χ3v) is 1.89. The van der Waals surface area contributed by atoms with Crippen LogP contribution in [0.3, 0.4) is 0 Å². The number of anilines is 1. The number of hydrogen-bond donors (Lipinski definition) is 2. The van der Waals surface area contributed by atoms with Crippen molar-refractivity contribution in [2.75, 3.05) is 26.0 Å². The standard InChI is InChI=1S/C11H17N3O.2ClH/c1-14(2)8-9-4-3-5-10(6-9)13-11(15)7-12;;/h3-6H,7-8,12H2,1-2H3,(H,13,15);2*1H. The SMILES string of the molecule is CN(C)Cc1cccc(NC(=O)CN)c1.Cl.Cl. The second kappa shape index (κ2) is 9.24. The molecule has 98 valence electrons. The lowest BCUT2D eigenvalue weighted by Gasteiger charge is -2.11. The molecule has 0 aliphatic rings. The molecule has 1 aromatic carbocycles. The second-order valence-electron chi connectivity index (χ2n) is 3.69. The number of rotatable bonds is 4. The molecule has 0 saturated carbocycles. The van der Waals surface area contributed by atoms with E-state index < -0.39 is 0 Å². The van der Waals surface area contributed by atoms with Crippen LogP contribution < -0.4 is 11.1 Å². The molecule has 1 amide bonds. The number of carbonyl (C=O) groups excluding carboxylic acids is 1. The van der Waals surface area contributed by atoms with Crippen LogP contribution in [0.25, 0.3) is 0 Å². The number of nitrogens with two attached hydrogens (primary N) is 1. The molecule has 0 aliphatic heterocycles. The Labute approximate surface area is 114 Å². The summed E-state index contributed by atoms with van der Waals surface area (Å²) in [5.41, 5.74) is 7.18. The minimum Gasteiger partial charge on any atom is -0.325 e. The zero-order chi connectivity index (χ0) is 11.3. The lowest BCUT2D eigenvalue weighted by molar-refractivity contribution is -0.114. The third kappa shape index (κ3) is 7.18. The van der Waals surface area contributed by atoms with E-state index in [1.54, 1.807) is 0 Å². The number of hydrogen-bond acceptors (Lipinski definition) is 3. The first-order valence-corrected chi connectivity index (χ1v) is 4.85. The fraction of sp³-hybridized carbons (Fsp3) is 0.364. The molecule has 17 heavy (non-hydrogen) atoms. The number of halogens is 2. The fourth-order valence-corrected chi connectivity index (χ4v) is 1.32. The second-order valence-corrected chi connectivity index (χ2v) is 3.69. The summed E-state index contributed by atoms with van der Waals surface area (Å²) in [5, 5.41) is 2.72. The Morgan fingerprint density at radius 3 is 2.53 bits per heavy atom. The molecule has 0 bridgehead atoms. The van der Waals surface area contributed by atoms with E-state index in [1.807, 2.05) is 38.4 Å². The van der Waals surface area contributed by atoms with Crippen LogP contribution >= 0.6 is 24.8 Å². The van der Waals surface area contributed by atoms with E-state index in [9.17, 15) is 4.79 Å². The molecule has 0 heterocycles. The van der Waals surface area contributed by atoms with Crippen molar-refractivity contribution in [3.8, 4) is 0 Å². The Bertz CT molecular complexity index is 345. The Morgan fingerprint density at radius 2 is 2.00 bits per heavy atom. The van der Waals surface area contributed by atoms with Gasteiger partial charge in [-0.05, 0) is 31.8 Å². The number of carbonyl (C=O) groups is 1. The lowest BCUT2D eigenvalue weighted by Crippen LogP contribution is -2.22. The van der Waals surface area contributed by atoms with Gasteiger partial charge in [0.25, 0.3) is 0 Å². The highest BCUT2D eigenvalue weighted by Crippen LogP contribution is 2.11. The van der Waals surface area contributed by atoms with Crippen LogP contribution in [0, 0.1) is 0 Å². The topological polar surface area (TPSA) is 58.4 Å². The molecule has 0 unspecified atom stereocenters. The van der Waals surface area contributed by atoms with E-state index in [2.05, 4.69) is 10.2 Å². The molecule has 0 aromatic heterocycles. The smallest absolute Gasteiger partial charge is 0.238 e. The Balaban J connectivity index is 0. The quantitative estimate of drug-likeness (QED) is 0.878. The molecule has 6 heteroatoms. The number of nitrogens with zero attached hydrogens (tertiary/aromatic N) is 1. The molecule has 1 aromatic rings. The van der Waals surface area contributed by atoms with Gasteiger partial charge < -0.3 is 16.0 Å². The van der Waals surface area contributed by atoms with Crippen LogP contribution in [0.15, 0.2) is 24.3 Å². The van der Waals surface area contributed by atoms with Gasteiger partial charge in [-0.2, -0.15) is 0 Å². The van der Waals surface area contributed by atoms with Gasteiger partial charge in [-0.25, -0.2) is 0 Å². The molecule has 0 radical (unpaired) electrons. The molecular formula is C11H19Cl2N3O. The number of nitrogens with one attached hydrogen (secondary N) is 1. The summed E-state index contributed by atoms with van der Waals surface area (Å²) < 4.78 is 0. The van der Waals surface area contributed by atoms with E-state index in [4.69, 9.17) is 5.73 Å². The van der Waals surface area contributed by atoms with E-state index in [0.717, 1.165) is 17.8 Å². The van der Waals surface area contributed by atoms with Crippen molar-refractivity contribution in [1.82, 2.24) is 4.90 Å². The maximum absolute atomic E-state index is 11.1. The third-order valence-electron chi connectivity index (χ3n) is 1.89. The van der Waals surface area contributed by atoms with Crippen molar-refractivity contribution >= 4 is 36.4 Å². The molecule has 0 spiro atoms. The van der Waals surface area contributed by atoms with Gasteiger partial charge in [-0.1, -0.05) is 12.1 Å². The summed E-state index contributed by atoms with van der Waals surface area (Å²) in [7, 11) is 4.01. The highest BCUT2D eigenvalue weighted by molar-refractivity contribution is 5.92. The van der Waals surface area contributed by atoms with Gasteiger partial charge in [-0.3, -0.25) is 4.79 Å². The van der Waals surface area contributed by atoms with Crippen molar-refractivity contribution in [1.29, 1.82) is 0 Å². The van der Waals surface area contributed by atoms with E-state index in [-0.39, 0.29) is 37.3 Å². The molecular weight excluding hydrogens is 261 g/mol. The predicted molar refractivity (Wildman–Crippen MR) is 76.0 cm³/mol. The van der Waals surface area contributed by atoms with E-state index in [1.165, 1.54) is 0 Å². The van der Waals surface area contributed by atoms with E-state index in [0.29, 0.717) is 0 Å². The van der Waals surface area contributed by atoms with Gasteiger partial charge in [-0.15, -0.1) is 24.8 Å². The van der Waals surface area contributed by atoms with Crippen molar-refractivity contribution in [2.24, 2.45) is 5.73 Å². The first kappa shape index (κ1) is 18.6. The zero-order valence-electron chi connectivity index (χ0n) is 9.97. The van der Waals surface area contributed by atoms with Crippen LogP contribution in [0.4, 0.5) is 5.69 Å². The first-order valence-electron chi connectivity index (χ1n) is 4.85. The largest absolute Gasteiger partial charge is 0.325 e. The van der Waals surface area contributed by atoms with Crippen LogP contribution in [0.5, 0.6) is 0 Å². The van der Waals surface area contributed by atoms with Gasteiger partial charge >= 0.3 is 0 Å². The predicted octanol–water partition coefficient (Wildman–Crippen LogP) is 1.49. The zero-order valence-corrected chi connectivity index (χ0v) is 11.6. The van der Waals surface area contributed by atoms with Crippen LogP contribution in [0.2, 0.25) is 0 Å². The Hall–Kier alpha value is -0.810. The maximum atomic E-state index is 11.1. The van der Waals surface area contributed by atoms with Crippen molar-refractivity contribution in [2.45, 2.75) is 6.54 Å². The molecule has 0 aliphatic carbocycles. The average Bonchev–Trinajstić information content (AvgIpc) is 2.17. The normalized spacial score (nSPS) is 9.18. The summed E-state index contributed by atoms with van der Waals surface area (Å²) in [5.74, 6) is -0.169. The highest BCUT2D eigenvalue weighted by Gasteiger charge is 2.00. The van der Waals surface area contributed by atoms with Crippen LogP contribution in [-0.4, -0.2) is 31.4 Å². The van der Waals surface area contributed by atoms with Gasteiger partial charge in [0.15, 0.2) is 0 Å². The van der Waals surface area contributed by atoms with Gasteiger partial charge in [0.2, 0.25) is 5.91 Å². The van der Waals surface area contributed by atoms with Crippen molar-refractivity contribution in [3.05, 3.63) is 29.8 Å².